The van der Waals surface area contributed by atoms with E-state index in [4.69, 9.17) is 20.9 Å². The molecule has 1 saturated heterocycles. The van der Waals surface area contributed by atoms with Crippen LogP contribution in [0.1, 0.15) is 35.2 Å². The van der Waals surface area contributed by atoms with Gasteiger partial charge in [0.05, 0.1) is 18.1 Å². The zero-order valence-electron chi connectivity index (χ0n) is 13.9. The van der Waals surface area contributed by atoms with E-state index >= 15 is 0 Å². The first kappa shape index (κ1) is 22.4. The first-order valence-corrected chi connectivity index (χ1v) is 8.79. The second kappa shape index (κ2) is 11.9. The number of rotatable bonds is 8. The number of ether oxygens (including phenoxy) is 1. The Bertz CT molecular complexity index is 503. The number of esters is 1. The van der Waals surface area contributed by atoms with Gasteiger partial charge in [0.2, 0.25) is 0 Å². The van der Waals surface area contributed by atoms with E-state index in [9.17, 15) is 4.79 Å². The summed E-state index contributed by atoms with van der Waals surface area (Å²) in [5, 5.41) is 0.210. The number of methoxy groups -OCH3 is 1. The topological polar surface area (TPSA) is 38.8 Å². The van der Waals surface area contributed by atoms with Crippen LogP contribution in [0.25, 0.3) is 0 Å². The minimum Gasteiger partial charge on any atom is -0.536 e. The molecule has 0 amide bonds. The molecular weight excluding hydrogens is 571 g/mol. The summed E-state index contributed by atoms with van der Waals surface area (Å²) >= 11 is 6.49. The predicted molar refractivity (Wildman–Crippen MR) is 95.4 cm³/mol. The Kier molecular flexibility index (Phi) is 11.1. The summed E-state index contributed by atoms with van der Waals surface area (Å²) in [5.74, 6) is -0.299. The van der Waals surface area contributed by atoms with Gasteiger partial charge >= 0.3 is 5.97 Å². The number of carbonyl (C=O) groups is 1. The van der Waals surface area contributed by atoms with Gasteiger partial charge in [-0.05, 0) is 59.5 Å². The number of halogens is 1. The van der Waals surface area contributed by atoms with E-state index in [0.29, 0.717) is 11.6 Å². The summed E-state index contributed by atoms with van der Waals surface area (Å²) in [5.41, 5.74) is 1.80. The summed E-state index contributed by atoms with van der Waals surface area (Å²) in [4.78, 5) is 13.9. The van der Waals surface area contributed by atoms with Crippen LogP contribution in [-0.4, -0.2) is 42.5 Å². The molecule has 2 rings (SSSR count). The summed E-state index contributed by atoms with van der Waals surface area (Å²) in [7, 11) is 3.63. The fraction of sp³-hybridized carbons (Fsp3) is 0.529. The molecule has 1 heterocycles. The zero-order chi connectivity index (χ0) is 16.7. The van der Waals surface area contributed by atoms with Gasteiger partial charge in [-0.25, -0.2) is 11.4 Å². The maximum atomic E-state index is 11.4. The third-order valence-corrected chi connectivity index (χ3v) is 5.01. The number of hydrogen-bond acceptors (Lipinski definition) is 4. The van der Waals surface area contributed by atoms with E-state index in [-0.39, 0.29) is 42.5 Å². The average Bonchev–Trinajstić information content (AvgIpc) is 2.93. The minimum atomic E-state index is -0.299. The third kappa shape index (κ3) is 6.60. The zero-order valence-corrected chi connectivity index (χ0v) is 20.0. The van der Waals surface area contributed by atoms with Crippen molar-refractivity contribution in [3.05, 3.63) is 42.0 Å². The Morgan fingerprint density at radius 3 is 2.75 bits per heavy atom. The first-order chi connectivity index (χ1) is 11.2. The van der Waals surface area contributed by atoms with Gasteiger partial charge < -0.3 is 14.2 Å². The van der Waals surface area contributed by atoms with Crippen LogP contribution < -0.4 is 0 Å². The van der Waals surface area contributed by atoms with E-state index in [2.05, 4.69) is 14.4 Å². The van der Waals surface area contributed by atoms with Crippen molar-refractivity contribution in [1.29, 1.82) is 0 Å². The summed E-state index contributed by atoms with van der Waals surface area (Å²) < 4.78 is 9.64. The van der Waals surface area contributed by atoms with Crippen LogP contribution in [0.4, 0.5) is 0 Å². The molecule has 1 aromatic rings. The van der Waals surface area contributed by atoms with Gasteiger partial charge in [0.25, 0.3) is 0 Å². The molecule has 1 aliphatic rings. The molecule has 0 radical (unpaired) electrons. The van der Waals surface area contributed by atoms with Gasteiger partial charge in [0.15, 0.2) is 0 Å². The van der Waals surface area contributed by atoms with Crippen molar-refractivity contribution in [2.45, 2.75) is 37.1 Å². The number of hydrogen-bond donors (Lipinski definition) is 0. The van der Waals surface area contributed by atoms with E-state index < -0.39 is 0 Å². The van der Waals surface area contributed by atoms with Crippen molar-refractivity contribution >= 4 is 27.0 Å². The molecule has 4 nitrogen and oxygen atoms in total. The van der Waals surface area contributed by atoms with Crippen LogP contribution in [0, 0.1) is 37.7 Å². The number of benzene rings is 1. The van der Waals surface area contributed by atoms with E-state index in [0.717, 1.165) is 38.8 Å². The van der Waals surface area contributed by atoms with Crippen molar-refractivity contribution in [3.8, 4) is 0 Å². The van der Waals surface area contributed by atoms with Crippen LogP contribution in [-0.2, 0) is 15.7 Å². The average molecular weight is 595 g/mol. The third-order valence-electron chi connectivity index (χ3n) is 4.31. The van der Waals surface area contributed by atoms with Gasteiger partial charge in [-0.3, -0.25) is 0 Å². The molecule has 1 fully saturated rings. The van der Waals surface area contributed by atoms with Gasteiger partial charge in [-0.15, -0.1) is 18.0 Å². The quantitative estimate of drug-likeness (QED) is 0.152. The Morgan fingerprint density at radius 1 is 1.42 bits per heavy atom. The standard InChI is InChI=1S/C17H24ClNO3P.U/c1-21-17(20)14-6-3-13(4-7-14)5-8-16-15(18)9-11-19(16)10-2-12-22-23;/h3-4,6-7,12,15-16H,2,5,8-11,23H2,1H3;/q-1;/t15-,16+;/m1./s1. The van der Waals surface area contributed by atoms with Crippen molar-refractivity contribution < 1.29 is 45.2 Å². The van der Waals surface area contributed by atoms with Crippen LogP contribution in [0.2, 0.25) is 0 Å². The van der Waals surface area contributed by atoms with Gasteiger partial charge in [0.1, 0.15) is 0 Å². The molecule has 1 unspecified atom stereocenters. The molecule has 24 heavy (non-hydrogen) atoms. The van der Waals surface area contributed by atoms with E-state index in [1.807, 2.05) is 24.3 Å². The second-order valence-electron chi connectivity index (χ2n) is 5.73. The predicted octanol–water partition coefficient (Wildman–Crippen LogP) is 3.45. The summed E-state index contributed by atoms with van der Waals surface area (Å²) in [6.45, 7) is 3.82. The van der Waals surface area contributed by atoms with Gasteiger partial charge in [-0.2, -0.15) is 0 Å². The van der Waals surface area contributed by atoms with E-state index in [1.54, 1.807) is 6.61 Å². The number of alkyl halides is 1. The first-order valence-electron chi connectivity index (χ1n) is 7.88. The largest absolute Gasteiger partial charge is 0.536 e. The number of aryl methyl sites for hydroxylation is 1. The second-order valence-corrected chi connectivity index (χ2v) is 6.56. The number of nitrogens with zero attached hydrogens (tertiary/aromatic N) is 1. The van der Waals surface area contributed by atoms with Crippen LogP contribution in [0.3, 0.4) is 0 Å². The summed E-state index contributed by atoms with van der Waals surface area (Å²) in [6, 6.07) is 8.01. The minimum absolute atomic E-state index is 0. The normalized spacial score (nSPS) is 20.6. The Labute approximate surface area is 175 Å². The maximum Gasteiger partial charge on any atom is 0.337 e. The molecular formula is C17H24ClNO3PU-. The fourth-order valence-electron chi connectivity index (χ4n) is 3.04. The molecule has 0 bridgehead atoms. The van der Waals surface area contributed by atoms with Gasteiger partial charge in [0, 0.05) is 37.2 Å². The number of likely N-dealkylation sites (tertiary alicyclic amines) is 1. The van der Waals surface area contributed by atoms with Crippen LogP contribution in [0.15, 0.2) is 24.3 Å². The molecule has 1 aromatic carbocycles. The van der Waals surface area contributed by atoms with Crippen molar-refractivity contribution in [3.63, 3.8) is 0 Å². The molecule has 132 valence electrons. The smallest absolute Gasteiger partial charge is 0.337 e. The molecule has 0 aromatic heterocycles. The van der Waals surface area contributed by atoms with Crippen molar-refractivity contribution in [2.24, 2.45) is 0 Å². The molecule has 0 aliphatic carbocycles. The Hall–Kier alpha value is 0.382. The molecule has 0 N–H and O–H groups in total. The number of carbonyl (C=O) groups excluding carboxylic acids is 1. The van der Waals surface area contributed by atoms with Crippen molar-refractivity contribution in [2.75, 3.05) is 20.2 Å². The Balaban J connectivity index is 0.00000288. The fourth-order valence-corrected chi connectivity index (χ4v) is 3.56. The molecule has 3 atom stereocenters. The molecule has 1 aliphatic heterocycles. The Morgan fingerprint density at radius 2 is 2.12 bits per heavy atom. The van der Waals surface area contributed by atoms with Crippen LogP contribution in [0.5, 0.6) is 0 Å². The molecule has 0 spiro atoms. The van der Waals surface area contributed by atoms with Crippen LogP contribution >= 0.6 is 21.1 Å². The molecule has 0 saturated carbocycles. The SMILES string of the molecule is COC(=O)c1ccc(CC[C@H]2[C@H](Cl)CCN2CC[CH-]OP)cc1.[U]. The summed E-state index contributed by atoms with van der Waals surface area (Å²) in [6.07, 6.45) is 3.91. The monoisotopic (exact) mass is 594 g/mol. The van der Waals surface area contributed by atoms with Gasteiger partial charge in [-0.1, -0.05) is 12.1 Å². The maximum absolute atomic E-state index is 11.4. The molecule has 7 heteroatoms. The van der Waals surface area contributed by atoms with E-state index in [1.165, 1.54) is 12.7 Å². The van der Waals surface area contributed by atoms with Crippen molar-refractivity contribution in [1.82, 2.24) is 4.90 Å².